The van der Waals surface area contributed by atoms with Gasteiger partial charge in [0, 0.05) is 11.6 Å². The number of nitrogens with zero attached hydrogens (tertiary/aromatic N) is 1. The smallest absolute Gasteiger partial charge is 0.290 e. The van der Waals surface area contributed by atoms with Crippen LogP contribution in [0.15, 0.2) is 65.2 Å². The summed E-state index contributed by atoms with van der Waals surface area (Å²) in [5.41, 5.74) is 2.29. The maximum Gasteiger partial charge on any atom is 0.290 e. The minimum atomic E-state index is -0.364. The van der Waals surface area contributed by atoms with E-state index in [0.29, 0.717) is 5.69 Å². The van der Waals surface area contributed by atoms with Crippen molar-refractivity contribution in [1.82, 2.24) is 10.5 Å². The molecule has 4 nitrogen and oxygen atoms in total. The normalized spacial score (nSPS) is 11.9. The lowest BCUT2D eigenvalue weighted by atomic mass is 10.1. The Morgan fingerprint density at radius 3 is 2.52 bits per heavy atom. The molecule has 23 heavy (non-hydrogen) atoms. The van der Waals surface area contributed by atoms with Gasteiger partial charge in [-0.05, 0) is 24.6 Å². The number of rotatable bonds is 4. The quantitative estimate of drug-likeness (QED) is 0.793. The third-order valence-corrected chi connectivity index (χ3v) is 3.52. The Kier molecular flexibility index (Phi) is 4.19. The van der Waals surface area contributed by atoms with E-state index >= 15 is 0 Å². The molecule has 0 radical (unpaired) electrons. The highest BCUT2D eigenvalue weighted by Crippen LogP contribution is 2.19. The lowest BCUT2D eigenvalue weighted by Crippen LogP contribution is -2.26. The first kappa shape index (κ1) is 15.0. The van der Waals surface area contributed by atoms with Crippen molar-refractivity contribution in [3.05, 3.63) is 77.8 Å². The summed E-state index contributed by atoms with van der Waals surface area (Å²) in [7, 11) is 0. The molecule has 2 aromatic carbocycles. The van der Waals surface area contributed by atoms with E-state index in [4.69, 9.17) is 4.52 Å². The van der Waals surface area contributed by atoms with Gasteiger partial charge in [0.25, 0.3) is 5.91 Å². The largest absolute Gasteiger partial charge is 0.350 e. The molecule has 0 saturated heterocycles. The number of hydrogen-bond donors (Lipinski definition) is 1. The Labute approximate surface area is 132 Å². The van der Waals surface area contributed by atoms with E-state index in [-0.39, 0.29) is 23.5 Å². The molecule has 0 aliphatic heterocycles. The van der Waals surface area contributed by atoms with Gasteiger partial charge in [-0.2, -0.15) is 0 Å². The van der Waals surface area contributed by atoms with Crippen LogP contribution in [0.1, 0.15) is 29.1 Å². The summed E-state index contributed by atoms with van der Waals surface area (Å²) in [4.78, 5) is 12.2. The number of aromatic nitrogens is 1. The van der Waals surface area contributed by atoms with Gasteiger partial charge in [-0.3, -0.25) is 4.79 Å². The van der Waals surface area contributed by atoms with E-state index < -0.39 is 0 Å². The van der Waals surface area contributed by atoms with E-state index in [0.717, 1.165) is 11.1 Å². The standard InChI is InChI=1S/C18H15FN2O2/c1-12(13-7-9-15(19)10-8-13)20-18(22)17-11-16(21-23-17)14-5-3-2-4-6-14/h2-12H,1H3,(H,20,22). The third kappa shape index (κ3) is 3.45. The molecule has 0 spiro atoms. The molecule has 1 amide bonds. The van der Waals surface area contributed by atoms with Crippen molar-refractivity contribution in [1.29, 1.82) is 0 Å². The molecule has 116 valence electrons. The molecule has 0 fully saturated rings. The van der Waals surface area contributed by atoms with Crippen LogP contribution in [-0.4, -0.2) is 11.1 Å². The molecule has 0 aliphatic carbocycles. The number of halogens is 1. The molecule has 3 rings (SSSR count). The topological polar surface area (TPSA) is 55.1 Å². The lowest BCUT2D eigenvalue weighted by Gasteiger charge is -2.12. The molecule has 0 saturated carbocycles. The summed E-state index contributed by atoms with van der Waals surface area (Å²) >= 11 is 0. The summed E-state index contributed by atoms with van der Waals surface area (Å²) in [6.45, 7) is 1.82. The average Bonchev–Trinajstić information content (AvgIpc) is 3.06. The van der Waals surface area contributed by atoms with Crippen molar-refractivity contribution in [2.24, 2.45) is 0 Å². The molecular formula is C18H15FN2O2. The lowest BCUT2D eigenvalue weighted by molar-refractivity contribution is 0.0902. The Bertz CT molecular complexity index is 797. The first-order chi connectivity index (χ1) is 11.1. The molecular weight excluding hydrogens is 295 g/mol. The zero-order chi connectivity index (χ0) is 16.2. The van der Waals surface area contributed by atoms with Crippen LogP contribution in [0.2, 0.25) is 0 Å². The summed E-state index contributed by atoms with van der Waals surface area (Å²) in [6, 6.07) is 16.8. The first-order valence-corrected chi connectivity index (χ1v) is 7.22. The number of amides is 1. The average molecular weight is 310 g/mol. The number of hydrogen-bond acceptors (Lipinski definition) is 3. The maximum absolute atomic E-state index is 12.9. The van der Waals surface area contributed by atoms with Crippen molar-refractivity contribution in [3.63, 3.8) is 0 Å². The van der Waals surface area contributed by atoms with Crippen LogP contribution in [0.4, 0.5) is 4.39 Å². The Balaban J connectivity index is 1.71. The minimum Gasteiger partial charge on any atom is -0.350 e. The predicted octanol–water partition coefficient (Wildman–Crippen LogP) is 3.97. The zero-order valence-corrected chi connectivity index (χ0v) is 12.5. The number of carbonyl (C=O) groups excluding carboxylic acids is 1. The van der Waals surface area contributed by atoms with Gasteiger partial charge < -0.3 is 9.84 Å². The second kappa shape index (κ2) is 6.44. The van der Waals surface area contributed by atoms with Crippen LogP contribution in [0, 0.1) is 5.82 Å². The molecule has 1 heterocycles. The second-order valence-electron chi connectivity index (χ2n) is 5.19. The van der Waals surface area contributed by atoms with Crippen molar-refractivity contribution in [2.75, 3.05) is 0 Å². The van der Waals surface area contributed by atoms with Crippen LogP contribution in [0.5, 0.6) is 0 Å². The van der Waals surface area contributed by atoms with Crippen LogP contribution < -0.4 is 5.32 Å². The minimum absolute atomic E-state index is 0.137. The summed E-state index contributed by atoms with van der Waals surface area (Å²) in [5, 5.41) is 6.72. The van der Waals surface area contributed by atoms with Crippen LogP contribution in [0.3, 0.4) is 0 Å². The molecule has 1 unspecified atom stereocenters. The molecule has 0 aliphatic rings. The highest BCUT2D eigenvalue weighted by molar-refractivity contribution is 5.92. The molecule has 0 bridgehead atoms. The van der Waals surface area contributed by atoms with E-state index in [9.17, 15) is 9.18 Å². The third-order valence-electron chi connectivity index (χ3n) is 3.52. The number of benzene rings is 2. The van der Waals surface area contributed by atoms with Gasteiger partial charge in [0.2, 0.25) is 5.76 Å². The van der Waals surface area contributed by atoms with Gasteiger partial charge in [0.15, 0.2) is 0 Å². The van der Waals surface area contributed by atoms with Crippen LogP contribution >= 0.6 is 0 Å². The Morgan fingerprint density at radius 2 is 1.83 bits per heavy atom. The highest BCUT2D eigenvalue weighted by Gasteiger charge is 2.17. The molecule has 3 aromatic rings. The first-order valence-electron chi connectivity index (χ1n) is 7.22. The fraction of sp³-hybridized carbons (Fsp3) is 0.111. The van der Waals surface area contributed by atoms with E-state index in [1.54, 1.807) is 18.2 Å². The summed E-state index contributed by atoms with van der Waals surface area (Å²) in [6.07, 6.45) is 0. The molecule has 1 atom stereocenters. The Morgan fingerprint density at radius 1 is 1.13 bits per heavy atom. The highest BCUT2D eigenvalue weighted by atomic mass is 19.1. The van der Waals surface area contributed by atoms with Gasteiger partial charge in [0.1, 0.15) is 11.5 Å². The fourth-order valence-corrected chi connectivity index (χ4v) is 2.23. The van der Waals surface area contributed by atoms with Crippen LogP contribution in [-0.2, 0) is 0 Å². The summed E-state index contributed by atoms with van der Waals surface area (Å²) in [5.74, 6) is -0.538. The fourth-order valence-electron chi connectivity index (χ4n) is 2.23. The van der Waals surface area contributed by atoms with Gasteiger partial charge in [-0.25, -0.2) is 4.39 Å². The SMILES string of the molecule is CC(NC(=O)c1cc(-c2ccccc2)no1)c1ccc(F)cc1. The van der Waals surface area contributed by atoms with Gasteiger partial charge in [-0.15, -0.1) is 0 Å². The second-order valence-corrected chi connectivity index (χ2v) is 5.19. The van der Waals surface area contributed by atoms with Crippen molar-refractivity contribution in [3.8, 4) is 11.3 Å². The number of carbonyl (C=O) groups is 1. The van der Waals surface area contributed by atoms with E-state index in [1.165, 1.54) is 12.1 Å². The molecule has 1 N–H and O–H groups in total. The maximum atomic E-state index is 12.9. The van der Waals surface area contributed by atoms with Gasteiger partial charge in [0.05, 0.1) is 6.04 Å². The summed E-state index contributed by atoms with van der Waals surface area (Å²) < 4.78 is 18.0. The van der Waals surface area contributed by atoms with Crippen molar-refractivity contribution >= 4 is 5.91 Å². The molecule has 1 aromatic heterocycles. The van der Waals surface area contributed by atoms with E-state index in [1.807, 2.05) is 37.3 Å². The van der Waals surface area contributed by atoms with Crippen LogP contribution in [0.25, 0.3) is 11.3 Å². The van der Waals surface area contributed by atoms with Crippen molar-refractivity contribution < 1.29 is 13.7 Å². The Hall–Kier alpha value is -2.95. The zero-order valence-electron chi connectivity index (χ0n) is 12.5. The van der Waals surface area contributed by atoms with Gasteiger partial charge >= 0.3 is 0 Å². The van der Waals surface area contributed by atoms with Gasteiger partial charge in [-0.1, -0.05) is 47.6 Å². The monoisotopic (exact) mass is 310 g/mol. The van der Waals surface area contributed by atoms with Crippen molar-refractivity contribution in [2.45, 2.75) is 13.0 Å². The molecule has 5 heteroatoms. The number of nitrogens with one attached hydrogen (secondary N) is 1. The van der Waals surface area contributed by atoms with E-state index in [2.05, 4.69) is 10.5 Å². The predicted molar refractivity (Wildman–Crippen MR) is 84.2 cm³/mol.